The van der Waals surface area contributed by atoms with Gasteiger partial charge in [0, 0.05) is 6.20 Å². The lowest BCUT2D eigenvalue weighted by molar-refractivity contribution is 0.0938. The van der Waals surface area contributed by atoms with E-state index < -0.39 is 0 Å². The molecule has 3 aromatic rings. The Morgan fingerprint density at radius 1 is 1.16 bits per heavy atom. The molecule has 0 spiro atoms. The van der Waals surface area contributed by atoms with Crippen LogP contribution < -0.4 is 5.32 Å². The molecule has 3 rings (SSSR count). The fraction of sp³-hybridized carbons (Fsp3) is 0.250. The van der Waals surface area contributed by atoms with Crippen LogP contribution in [-0.2, 0) is 0 Å². The van der Waals surface area contributed by atoms with Crippen LogP contribution in [0.1, 0.15) is 46.7 Å². The summed E-state index contributed by atoms with van der Waals surface area (Å²) in [6.07, 6.45) is 3.64. The fourth-order valence-corrected chi connectivity index (χ4v) is 3.67. The van der Waals surface area contributed by atoms with E-state index in [1.165, 1.54) is 11.3 Å². The van der Waals surface area contributed by atoms with Crippen molar-refractivity contribution in [1.82, 2.24) is 15.3 Å². The van der Waals surface area contributed by atoms with E-state index in [-0.39, 0.29) is 11.9 Å². The third kappa shape index (κ3) is 4.12. The first-order valence-electron chi connectivity index (χ1n) is 8.43. The van der Waals surface area contributed by atoms with E-state index >= 15 is 0 Å². The summed E-state index contributed by atoms with van der Waals surface area (Å²) in [5.41, 5.74) is 2.67. The van der Waals surface area contributed by atoms with Gasteiger partial charge in [-0.05, 0) is 31.0 Å². The molecule has 1 amide bonds. The number of nitrogens with zero attached hydrogens (tertiary/aromatic N) is 2. The van der Waals surface area contributed by atoms with Gasteiger partial charge >= 0.3 is 0 Å². The Bertz CT molecular complexity index is 831. The van der Waals surface area contributed by atoms with Crippen LogP contribution in [0.5, 0.6) is 0 Å². The molecule has 2 heterocycles. The van der Waals surface area contributed by atoms with Crippen LogP contribution in [0.2, 0.25) is 0 Å². The normalized spacial score (nSPS) is 11.9. The number of carbonyl (C=O) groups excluding carboxylic acids is 1. The number of hydrogen-bond donors (Lipinski definition) is 1. The summed E-state index contributed by atoms with van der Waals surface area (Å²) < 4.78 is 0. The van der Waals surface area contributed by atoms with Crippen LogP contribution in [0.15, 0.2) is 54.7 Å². The number of hydrogen-bond acceptors (Lipinski definition) is 4. The maximum atomic E-state index is 12.8. The Morgan fingerprint density at radius 2 is 1.92 bits per heavy atom. The average Bonchev–Trinajstić information content (AvgIpc) is 3.05. The predicted molar refractivity (Wildman–Crippen MR) is 102 cm³/mol. The number of thiazole rings is 1. The molecule has 1 N–H and O–H groups in total. The van der Waals surface area contributed by atoms with E-state index in [1.807, 2.05) is 43.3 Å². The zero-order valence-electron chi connectivity index (χ0n) is 14.4. The summed E-state index contributed by atoms with van der Waals surface area (Å²) in [7, 11) is 0. The third-order valence-corrected chi connectivity index (χ3v) is 5.15. The largest absolute Gasteiger partial charge is 0.344 e. The van der Waals surface area contributed by atoms with Crippen molar-refractivity contribution in [3.8, 4) is 10.7 Å². The van der Waals surface area contributed by atoms with E-state index in [1.54, 1.807) is 6.20 Å². The first-order valence-corrected chi connectivity index (χ1v) is 9.25. The minimum atomic E-state index is -0.0699. The van der Waals surface area contributed by atoms with Gasteiger partial charge < -0.3 is 5.32 Å². The molecule has 5 heteroatoms. The molecule has 0 fully saturated rings. The maximum absolute atomic E-state index is 12.8. The summed E-state index contributed by atoms with van der Waals surface area (Å²) in [5.74, 6) is -0.0699. The Kier molecular flexibility index (Phi) is 5.56. The van der Waals surface area contributed by atoms with Gasteiger partial charge in [-0.2, -0.15) is 0 Å². The number of carbonyl (C=O) groups is 1. The first kappa shape index (κ1) is 17.3. The molecule has 25 heavy (non-hydrogen) atoms. The van der Waals surface area contributed by atoms with E-state index in [0.29, 0.717) is 4.88 Å². The Labute approximate surface area is 152 Å². The van der Waals surface area contributed by atoms with Crippen molar-refractivity contribution < 1.29 is 4.79 Å². The van der Waals surface area contributed by atoms with E-state index in [0.717, 1.165) is 34.8 Å². The molecule has 0 saturated heterocycles. The van der Waals surface area contributed by atoms with Crippen molar-refractivity contribution >= 4 is 17.2 Å². The molecule has 1 aromatic carbocycles. The van der Waals surface area contributed by atoms with Crippen molar-refractivity contribution in [2.45, 2.75) is 32.7 Å². The Hall–Kier alpha value is -2.53. The van der Waals surface area contributed by atoms with Gasteiger partial charge in [0.2, 0.25) is 0 Å². The number of aryl methyl sites for hydroxylation is 1. The molecule has 2 aromatic heterocycles. The molecular weight excluding hydrogens is 330 g/mol. The highest BCUT2D eigenvalue weighted by Crippen LogP contribution is 2.27. The Balaban J connectivity index is 1.82. The zero-order chi connectivity index (χ0) is 17.6. The molecule has 4 nitrogen and oxygen atoms in total. The summed E-state index contributed by atoms with van der Waals surface area (Å²) in [4.78, 5) is 22.3. The first-order chi connectivity index (χ1) is 12.2. The van der Waals surface area contributed by atoms with Crippen molar-refractivity contribution in [2.75, 3.05) is 0 Å². The summed E-state index contributed by atoms with van der Waals surface area (Å²) in [5, 5.41) is 3.94. The van der Waals surface area contributed by atoms with Crippen molar-refractivity contribution in [3.05, 3.63) is 70.9 Å². The maximum Gasteiger partial charge on any atom is 0.263 e. The van der Waals surface area contributed by atoms with Gasteiger partial charge in [0.05, 0.1) is 17.4 Å². The molecule has 0 aliphatic carbocycles. The van der Waals surface area contributed by atoms with Gasteiger partial charge in [0.15, 0.2) is 0 Å². The number of rotatable bonds is 6. The average molecular weight is 351 g/mol. The zero-order valence-corrected chi connectivity index (χ0v) is 15.2. The van der Waals surface area contributed by atoms with Crippen LogP contribution >= 0.6 is 11.3 Å². The summed E-state index contributed by atoms with van der Waals surface area (Å²) in [6, 6.07) is 15.8. The third-order valence-electron chi connectivity index (χ3n) is 3.97. The predicted octanol–water partition coefficient (Wildman–Crippen LogP) is 4.78. The lowest BCUT2D eigenvalue weighted by Crippen LogP contribution is -2.28. The van der Waals surface area contributed by atoms with E-state index in [4.69, 9.17) is 0 Å². The topological polar surface area (TPSA) is 54.9 Å². The van der Waals surface area contributed by atoms with E-state index in [9.17, 15) is 4.79 Å². The number of nitrogens with one attached hydrogen (secondary N) is 1. The number of pyridine rings is 1. The molecule has 0 aliphatic rings. The molecular formula is C20H21N3OS. The lowest BCUT2D eigenvalue weighted by Gasteiger charge is -2.18. The van der Waals surface area contributed by atoms with Gasteiger partial charge in [-0.15, -0.1) is 11.3 Å². The molecule has 0 bridgehead atoms. The second kappa shape index (κ2) is 8.03. The molecule has 0 radical (unpaired) electrons. The minimum Gasteiger partial charge on any atom is -0.344 e. The minimum absolute atomic E-state index is 0.0125. The molecule has 0 saturated carbocycles. The van der Waals surface area contributed by atoms with Crippen LogP contribution in [-0.4, -0.2) is 15.9 Å². The Morgan fingerprint density at radius 3 is 2.60 bits per heavy atom. The van der Waals surface area contributed by atoms with Gasteiger partial charge in [-0.25, -0.2) is 4.98 Å². The quantitative estimate of drug-likeness (QED) is 0.695. The summed E-state index contributed by atoms with van der Waals surface area (Å²) >= 11 is 1.39. The molecule has 0 aliphatic heterocycles. The van der Waals surface area contributed by atoms with E-state index in [2.05, 4.69) is 34.3 Å². The standard InChI is InChI=1S/C20H21N3OS/c1-3-9-16(15-10-5-4-6-11-15)23-19(24)18-14(2)22-20(25-18)17-12-7-8-13-21-17/h4-8,10-13,16H,3,9H2,1-2H3,(H,23,24). The van der Waals surface area contributed by atoms with Gasteiger partial charge in [-0.1, -0.05) is 49.7 Å². The van der Waals surface area contributed by atoms with Crippen LogP contribution in [0.25, 0.3) is 10.7 Å². The van der Waals surface area contributed by atoms with Crippen LogP contribution in [0.4, 0.5) is 0 Å². The summed E-state index contributed by atoms with van der Waals surface area (Å²) in [6.45, 7) is 3.99. The number of benzene rings is 1. The molecule has 128 valence electrons. The van der Waals surface area contributed by atoms with Gasteiger partial charge in [-0.3, -0.25) is 9.78 Å². The van der Waals surface area contributed by atoms with Crippen molar-refractivity contribution in [1.29, 1.82) is 0 Å². The number of aromatic nitrogens is 2. The highest BCUT2D eigenvalue weighted by Gasteiger charge is 2.20. The van der Waals surface area contributed by atoms with Crippen molar-refractivity contribution in [3.63, 3.8) is 0 Å². The number of amides is 1. The van der Waals surface area contributed by atoms with Crippen LogP contribution in [0, 0.1) is 6.92 Å². The lowest BCUT2D eigenvalue weighted by atomic mass is 10.0. The second-order valence-electron chi connectivity index (χ2n) is 5.87. The van der Waals surface area contributed by atoms with Crippen LogP contribution in [0.3, 0.4) is 0 Å². The van der Waals surface area contributed by atoms with Gasteiger partial charge in [0.25, 0.3) is 5.91 Å². The molecule has 1 atom stereocenters. The van der Waals surface area contributed by atoms with Crippen molar-refractivity contribution in [2.24, 2.45) is 0 Å². The second-order valence-corrected chi connectivity index (χ2v) is 6.87. The highest BCUT2D eigenvalue weighted by atomic mass is 32.1. The fourth-order valence-electron chi connectivity index (χ4n) is 2.73. The smallest absolute Gasteiger partial charge is 0.263 e. The molecule has 1 unspecified atom stereocenters. The van der Waals surface area contributed by atoms with Gasteiger partial charge in [0.1, 0.15) is 9.88 Å². The highest BCUT2D eigenvalue weighted by molar-refractivity contribution is 7.17. The SMILES string of the molecule is CCCC(NC(=O)c1sc(-c2ccccn2)nc1C)c1ccccc1. The monoisotopic (exact) mass is 351 g/mol.